The van der Waals surface area contributed by atoms with Gasteiger partial charge in [-0.2, -0.15) is 13.6 Å². The molecule has 0 aromatic carbocycles. The molecule has 2 rings (SSSR count). The molecule has 0 radical (unpaired) electrons. The van der Waals surface area contributed by atoms with E-state index in [1.807, 2.05) is 11.8 Å². The van der Waals surface area contributed by atoms with Crippen molar-refractivity contribution in [3.63, 3.8) is 0 Å². The van der Waals surface area contributed by atoms with Gasteiger partial charge in [0, 0.05) is 0 Å². The lowest BCUT2D eigenvalue weighted by Crippen LogP contribution is -2.49. The molecule has 18 nitrogen and oxygen atoms in total. The number of nitrogens with two attached hydrogens (primary N) is 1. The van der Waals surface area contributed by atoms with Crippen LogP contribution in [0, 0.1) is 11.8 Å². The molecule has 1 fully saturated rings. The first-order valence-electron chi connectivity index (χ1n) is 8.55. The first-order valence-corrected chi connectivity index (χ1v) is 13.1. The molecular weight excluding hydrogens is 536 g/mol. The quantitative estimate of drug-likeness (QED) is 0.134. The monoisotopic (exact) mass is 554 g/mol. The van der Waals surface area contributed by atoms with Gasteiger partial charge in [-0.3, -0.25) is 9.09 Å². The van der Waals surface area contributed by atoms with Crippen LogP contribution >= 0.6 is 23.5 Å². The van der Waals surface area contributed by atoms with Crippen molar-refractivity contribution in [2.75, 3.05) is 12.4 Å². The molecule has 192 valence electrons. The van der Waals surface area contributed by atoms with E-state index >= 15 is 0 Å². The fraction of sp³-hybridized carbons (Fsp3) is 0.583. The second kappa shape index (κ2) is 10.2. The maximum Gasteiger partial charge on any atom is 0.490 e. The number of aromatic nitrogens is 3. The molecule has 7 atom stereocenters. The minimum atomic E-state index is -5.84. The predicted molar refractivity (Wildman–Crippen MR) is 104 cm³/mol. The Labute approximate surface area is 188 Å². The van der Waals surface area contributed by atoms with Gasteiger partial charge in [-0.1, -0.05) is 11.8 Å². The molecular formula is C12H18FN4O14P3. The van der Waals surface area contributed by atoms with Crippen LogP contribution in [0.25, 0.3) is 0 Å². The fourth-order valence-electron chi connectivity index (χ4n) is 2.76. The summed E-state index contributed by atoms with van der Waals surface area (Å²) in [6, 6.07) is 0. The van der Waals surface area contributed by atoms with Crippen LogP contribution in [0.4, 0.5) is 10.3 Å². The zero-order valence-electron chi connectivity index (χ0n) is 16.7. The maximum absolute atomic E-state index is 12.6. The average molecular weight is 554 g/mol. The number of rotatable bonds is 8. The van der Waals surface area contributed by atoms with Crippen molar-refractivity contribution in [2.45, 2.75) is 37.1 Å². The van der Waals surface area contributed by atoms with Gasteiger partial charge in [0.05, 0.1) is 6.10 Å². The third kappa shape index (κ3) is 6.97. The van der Waals surface area contributed by atoms with E-state index in [-0.39, 0.29) is 0 Å². The highest BCUT2D eigenvalue weighted by atomic mass is 31.3. The number of anilines is 1. The summed E-state index contributed by atoms with van der Waals surface area (Å²) >= 11 is 0. The zero-order valence-corrected chi connectivity index (χ0v) is 19.4. The molecule has 0 aliphatic carbocycles. The van der Waals surface area contributed by atoms with Crippen LogP contribution in [-0.2, 0) is 31.6 Å². The standard InChI is InChI=1S/C12H18FN4O14P3/c1-6(29-33(24,25)31-34(26,27)30-32(21,22)23)7-8(18)12(20,3-2-4-13)9(28-7)17-5-15-10(14)16-11(17)19/h5-9,18,20H,4H2,1H3,(H,24,25)(H,26,27)(H2,14,16,19)(H2,21,22,23)/t6-,7+,8?,9+,12+/m0/s1. The summed E-state index contributed by atoms with van der Waals surface area (Å²) in [5.74, 6) is 3.33. The Bertz CT molecular complexity index is 1180. The van der Waals surface area contributed by atoms with Gasteiger partial charge in [0.1, 0.15) is 25.2 Å². The first kappa shape index (κ1) is 28.6. The highest BCUT2D eigenvalue weighted by molar-refractivity contribution is 7.66. The molecule has 0 spiro atoms. The number of nitrogen functional groups attached to an aromatic ring is 1. The molecule has 2 heterocycles. The smallest absolute Gasteiger partial charge is 0.386 e. The summed E-state index contributed by atoms with van der Waals surface area (Å²) in [6.45, 7) is -0.365. The van der Waals surface area contributed by atoms with Crippen molar-refractivity contribution in [1.82, 2.24) is 14.5 Å². The van der Waals surface area contributed by atoms with E-state index in [0.29, 0.717) is 4.57 Å². The van der Waals surface area contributed by atoms with Gasteiger partial charge < -0.3 is 40.3 Å². The van der Waals surface area contributed by atoms with Gasteiger partial charge in [-0.15, -0.1) is 0 Å². The summed E-state index contributed by atoms with van der Waals surface area (Å²) < 4.78 is 64.3. The Morgan fingerprint density at radius 3 is 2.44 bits per heavy atom. The third-order valence-electron chi connectivity index (χ3n) is 3.96. The molecule has 1 saturated heterocycles. The Morgan fingerprint density at radius 2 is 1.91 bits per heavy atom. The predicted octanol–water partition coefficient (Wildman–Crippen LogP) is -2.09. The van der Waals surface area contributed by atoms with Crippen molar-refractivity contribution < 1.29 is 65.8 Å². The van der Waals surface area contributed by atoms with Crippen LogP contribution in [0.1, 0.15) is 13.2 Å². The highest BCUT2D eigenvalue weighted by Gasteiger charge is 2.58. The Morgan fingerprint density at radius 1 is 1.29 bits per heavy atom. The topological polar surface area (TPSA) is 283 Å². The summed E-state index contributed by atoms with van der Waals surface area (Å²) in [5.41, 5.74) is 1.38. The Hall–Kier alpha value is -1.61. The molecule has 0 saturated carbocycles. The van der Waals surface area contributed by atoms with Crippen molar-refractivity contribution >= 4 is 29.4 Å². The van der Waals surface area contributed by atoms with Crippen molar-refractivity contribution in [3.8, 4) is 11.8 Å². The second-order valence-corrected chi connectivity index (χ2v) is 10.8. The Balaban J connectivity index is 2.34. The summed E-state index contributed by atoms with van der Waals surface area (Å²) in [6.07, 6.45) is -7.04. The summed E-state index contributed by atoms with van der Waals surface area (Å²) in [7, 11) is -17.1. The SMILES string of the molecule is C[C@H](OP(=O)(O)OP(=O)(O)OP(=O)(O)O)[C@H]1O[C@@H](n2cnc(N)nc2=O)[C@@](O)(C#CCF)C1O. The number of aliphatic hydroxyl groups is 2. The number of phosphoric ester groups is 1. The number of ether oxygens (including phenoxy) is 1. The van der Waals surface area contributed by atoms with E-state index in [0.717, 1.165) is 13.3 Å². The lowest BCUT2D eigenvalue weighted by atomic mass is 9.93. The molecule has 3 unspecified atom stereocenters. The molecule has 1 aliphatic rings. The first-order chi connectivity index (χ1) is 15.4. The van der Waals surface area contributed by atoms with Gasteiger partial charge in [-0.05, 0) is 6.92 Å². The van der Waals surface area contributed by atoms with E-state index in [1.54, 1.807) is 0 Å². The summed E-state index contributed by atoms with van der Waals surface area (Å²) in [5, 5.41) is 21.4. The normalized spacial score (nSPS) is 29.5. The number of halogens is 1. The number of phosphoric acid groups is 3. The van der Waals surface area contributed by atoms with E-state index in [2.05, 4.69) is 23.1 Å². The molecule has 0 amide bonds. The van der Waals surface area contributed by atoms with Crippen LogP contribution in [0.3, 0.4) is 0 Å². The van der Waals surface area contributed by atoms with Crippen molar-refractivity contribution in [2.24, 2.45) is 0 Å². The van der Waals surface area contributed by atoms with Gasteiger partial charge >= 0.3 is 29.2 Å². The van der Waals surface area contributed by atoms with Gasteiger partial charge in [-0.25, -0.2) is 27.9 Å². The second-order valence-electron chi connectivity index (χ2n) is 6.46. The van der Waals surface area contributed by atoms with Gasteiger partial charge in [0.15, 0.2) is 11.8 Å². The highest BCUT2D eigenvalue weighted by Crippen LogP contribution is 2.66. The maximum atomic E-state index is 12.6. The summed E-state index contributed by atoms with van der Waals surface area (Å²) in [4.78, 5) is 54.9. The van der Waals surface area contributed by atoms with Gasteiger partial charge in [0.2, 0.25) is 5.95 Å². The molecule has 1 aromatic rings. The van der Waals surface area contributed by atoms with Gasteiger partial charge in [0.25, 0.3) is 0 Å². The minimum absolute atomic E-state index is 0.462. The lowest BCUT2D eigenvalue weighted by molar-refractivity contribution is -0.0873. The van der Waals surface area contributed by atoms with Crippen molar-refractivity contribution in [3.05, 3.63) is 16.8 Å². The zero-order chi connectivity index (χ0) is 26.1. The van der Waals surface area contributed by atoms with Crippen LogP contribution in [0.15, 0.2) is 11.1 Å². The van der Waals surface area contributed by atoms with E-state index in [1.165, 1.54) is 0 Å². The average Bonchev–Trinajstić information content (AvgIpc) is 2.88. The fourth-order valence-corrected chi connectivity index (χ4v) is 5.96. The molecule has 1 aromatic heterocycles. The molecule has 1 aliphatic heterocycles. The number of alkyl halides is 1. The molecule has 0 bridgehead atoms. The Kier molecular flexibility index (Phi) is 8.56. The molecule has 22 heteroatoms. The number of hydrogen-bond acceptors (Lipinski definition) is 13. The van der Waals surface area contributed by atoms with Crippen LogP contribution in [-0.4, -0.2) is 74.9 Å². The lowest BCUT2D eigenvalue weighted by Gasteiger charge is -2.27. The number of hydrogen-bond donors (Lipinski definition) is 7. The van der Waals surface area contributed by atoms with Crippen molar-refractivity contribution in [1.29, 1.82) is 0 Å². The van der Waals surface area contributed by atoms with E-state index in [9.17, 15) is 42.9 Å². The number of aliphatic hydroxyl groups excluding tert-OH is 1. The minimum Gasteiger partial charge on any atom is -0.386 e. The number of nitrogens with zero attached hydrogens (tertiary/aromatic N) is 3. The molecule has 34 heavy (non-hydrogen) atoms. The largest absolute Gasteiger partial charge is 0.490 e. The van der Waals surface area contributed by atoms with E-state index < -0.39 is 71.9 Å². The third-order valence-corrected chi connectivity index (χ3v) is 7.88. The van der Waals surface area contributed by atoms with Crippen LogP contribution < -0.4 is 11.4 Å². The molecule has 8 N–H and O–H groups in total. The van der Waals surface area contributed by atoms with Crippen LogP contribution in [0.2, 0.25) is 0 Å². The van der Waals surface area contributed by atoms with Crippen LogP contribution in [0.5, 0.6) is 0 Å². The van der Waals surface area contributed by atoms with E-state index in [4.69, 9.17) is 20.3 Å².